The van der Waals surface area contributed by atoms with Crippen LogP contribution in [0.1, 0.15) is 116 Å². The van der Waals surface area contributed by atoms with Gasteiger partial charge in [-0.3, -0.25) is 14.4 Å². The Morgan fingerprint density at radius 3 is 2.40 bits per heavy atom. The molecular formula is C45H52MgN4O7-2. The molecule has 57 heavy (non-hydrogen) atoms. The number of allylic oxidation sites excluding steroid dienone is 2. The summed E-state index contributed by atoms with van der Waals surface area (Å²) in [5.41, 5.74) is 7.48. The molecule has 5 heterocycles. The van der Waals surface area contributed by atoms with Crippen LogP contribution in [-0.2, 0) is 25.5 Å². The average molecular weight is 785 g/mol. The smallest absolute Gasteiger partial charge is 0.681 e. The van der Waals surface area contributed by atoms with Gasteiger partial charge in [0.2, 0.25) is 0 Å². The summed E-state index contributed by atoms with van der Waals surface area (Å²) in [5, 5.41) is 27.2. The van der Waals surface area contributed by atoms with Crippen LogP contribution in [0.15, 0.2) is 23.9 Å². The van der Waals surface area contributed by atoms with Crippen LogP contribution in [0.25, 0.3) is 41.5 Å². The molecule has 0 amide bonds. The predicted molar refractivity (Wildman–Crippen MR) is 222 cm³/mol. The minimum atomic E-state index is -1.37. The standard InChI is InChI=1S/C45H52N4O7.Mg/c1-9-28-25(6)32-18-33-26(7)30(14-15-38(52)55-17-16-24(5)13-11-12-23(3)4)42(48-33)40-41(45(54)56-22-51)44(53)39-27(8)34(49-43(39)40)19-36-29(10-2)31(21-50)37(47-36)20-35(28)46-32;/h9,16,18-21,23,26,30,41-42,51H,1,10-15,17,22H2,2-8H3,(H,50,53);/q-4;+2/b24-16+,33-18-,37-20-;/t26-,30-,41+,42?;/m0./s1. The maximum absolute atomic E-state index is 14.3. The van der Waals surface area contributed by atoms with Crippen LogP contribution in [0.2, 0.25) is 0 Å². The summed E-state index contributed by atoms with van der Waals surface area (Å²) in [6.07, 6.45) is 14.5. The zero-order valence-corrected chi connectivity index (χ0v) is 35.6. The van der Waals surface area contributed by atoms with Crippen LogP contribution < -0.4 is 36.2 Å². The molecule has 0 aromatic carbocycles. The predicted octanol–water partition coefficient (Wildman–Crippen LogP) is 3.87. The number of ketones is 1. The molecule has 1 aliphatic carbocycles. The summed E-state index contributed by atoms with van der Waals surface area (Å²) >= 11 is 0. The Hall–Kier alpha value is -4.52. The Kier molecular flexibility index (Phi) is 14.1. The number of nitrogens with zero attached hydrogens (tertiary/aromatic N) is 4. The second-order valence-corrected chi connectivity index (χ2v) is 15.5. The van der Waals surface area contributed by atoms with Crippen molar-refractivity contribution in [3.63, 3.8) is 0 Å². The van der Waals surface area contributed by atoms with Gasteiger partial charge in [0.1, 0.15) is 12.5 Å². The van der Waals surface area contributed by atoms with Crippen molar-refractivity contribution in [3.05, 3.63) is 95.4 Å². The topological polar surface area (TPSA) is 167 Å². The summed E-state index contributed by atoms with van der Waals surface area (Å²) in [4.78, 5) is 56.0. The monoisotopic (exact) mass is 784 g/mol. The van der Waals surface area contributed by atoms with Gasteiger partial charge in [-0.2, -0.15) is 5.70 Å². The van der Waals surface area contributed by atoms with E-state index in [0.717, 1.165) is 42.2 Å². The van der Waals surface area contributed by atoms with Crippen LogP contribution in [0.3, 0.4) is 0 Å². The molecule has 11 nitrogen and oxygen atoms in total. The molecule has 0 spiro atoms. The van der Waals surface area contributed by atoms with Gasteiger partial charge in [0, 0.05) is 12.0 Å². The number of fused-ring (bicyclic) bond motifs is 8. The molecule has 1 fully saturated rings. The molecule has 12 heteroatoms. The first kappa shape index (κ1) is 43.6. The van der Waals surface area contributed by atoms with E-state index in [2.05, 4.69) is 27.4 Å². The number of esters is 2. The van der Waals surface area contributed by atoms with Crippen molar-refractivity contribution in [2.75, 3.05) is 13.4 Å². The van der Waals surface area contributed by atoms with Gasteiger partial charge in [-0.15, -0.1) is 33.1 Å². The number of ether oxygens (including phenoxy) is 2. The van der Waals surface area contributed by atoms with Gasteiger partial charge < -0.3 is 40.0 Å². The first-order valence-corrected chi connectivity index (χ1v) is 19.6. The molecule has 2 N–H and O–H groups in total. The third-order valence-electron chi connectivity index (χ3n) is 11.6. The van der Waals surface area contributed by atoms with Gasteiger partial charge in [0.25, 0.3) is 0 Å². The number of aromatic nitrogens is 3. The second-order valence-electron chi connectivity index (χ2n) is 15.5. The van der Waals surface area contributed by atoms with Crippen molar-refractivity contribution in [1.82, 2.24) is 15.0 Å². The molecule has 3 aromatic rings. The van der Waals surface area contributed by atoms with Crippen molar-refractivity contribution in [3.8, 4) is 0 Å². The normalized spacial score (nSPS) is 22.2. The fourth-order valence-corrected chi connectivity index (χ4v) is 8.41. The van der Waals surface area contributed by atoms with Gasteiger partial charge in [-0.25, -0.2) is 0 Å². The third kappa shape index (κ3) is 8.54. The maximum Gasteiger partial charge on any atom is 2.00 e. The van der Waals surface area contributed by atoms with E-state index >= 15 is 0 Å². The van der Waals surface area contributed by atoms with E-state index in [9.17, 15) is 24.6 Å². The first-order valence-electron chi connectivity index (χ1n) is 19.6. The first-order chi connectivity index (χ1) is 26.8. The number of hydrogen-bond acceptors (Lipinski definition) is 7. The van der Waals surface area contributed by atoms with Gasteiger partial charge in [0.15, 0.2) is 12.6 Å². The van der Waals surface area contributed by atoms with Gasteiger partial charge in [0.05, 0.1) is 6.26 Å². The Morgan fingerprint density at radius 2 is 1.74 bits per heavy atom. The SMILES string of the molecule is C=Cc1c2[n-]c(c1C)/C=C1\[N-]C(C3=c4[n-]/c(c(C)c4C(=O)[C@@H]3C(=O)OCO)=C\c3[n-]c(/c(=C\O)c3CC)=C\2)[C@@H](CCC(=O)OC/C=C(\C)CCCC(C)C)[C@@H]1C.[Mg+2]. The van der Waals surface area contributed by atoms with Crippen molar-refractivity contribution < 1.29 is 34.1 Å². The molecule has 1 unspecified atom stereocenters. The van der Waals surface area contributed by atoms with Crippen LogP contribution in [0.4, 0.5) is 0 Å². The van der Waals surface area contributed by atoms with Crippen LogP contribution in [-0.4, -0.2) is 70.4 Å². The minimum Gasteiger partial charge on any atom is -0.681 e. The fraction of sp³-hybridized carbons (Fsp3) is 0.444. The van der Waals surface area contributed by atoms with Crippen molar-refractivity contribution in [2.24, 2.45) is 23.7 Å². The minimum absolute atomic E-state index is 0. The summed E-state index contributed by atoms with van der Waals surface area (Å²) in [6.45, 7) is 17.5. The Labute approximate surface area is 349 Å². The van der Waals surface area contributed by atoms with E-state index in [1.54, 1.807) is 19.1 Å². The van der Waals surface area contributed by atoms with Gasteiger partial charge in [-0.05, 0) is 81.1 Å². The molecule has 8 bridgehead atoms. The van der Waals surface area contributed by atoms with Crippen molar-refractivity contribution in [1.29, 1.82) is 0 Å². The van der Waals surface area contributed by atoms with Crippen LogP contribution in [0, 0.1) is 37.5 Å². The number of aliphatic hydroxyl groups excluding tert-OH is 2. The molecule has 2 aliphatic heterocycles. The van der Waals surface area contributed by atoms with Crippen LogP contribution >= 0.6 is 0 Å². The summed E-state index contributed by atoms with van der Waals surface area (Å²) in [7, 11) is 0. The number of hydrogen-bond donors (Lipinski definition) is 2. The zero-order chi connectivity index (χ0) is 40.4. The Morgan fingerprint density at radius 1 is 1.00 bits per heavy atom. The third-order valence-corrected chi connectivity index (χ3v) is 11.6. The maximum atomic E-state index is 14.3. The molecule has 4 atom stereocenters. The van der Waals surface area contributed by atoms with E-state index in [4.69, 9.17) is 29.7 Å². The summed E-state index contributed by atoms with van der Waals surface area (Å²) in [5.74, 6) is -3.00. The van der Waals surface area contributed by atoms with E-state index in [1.165, 1.54) is 5.57 Å². The van der Waals surface area contributed by atoms with Crippen molar-refractivity contribution in [2.45, 2.75) is 93.0 Å². The average Bonchev–Trinajstić information content (AvgIpc) is 3.91. The molecule has 0 saturated carbocycles. The molecule has 1 saturated heterocycles. The van der Waals surface area contributed by atoms with Gasteiger partial charge in [-0.1, -0.05) is 98.9 Å². The van der Waals surface area contributed by atoms with Crippen molar-refractivity contribution >= 4 is 76.9 Å². The summed E-state index contributed by atoms with van der Waals surface area (Å²) in [6, 6.07) is -0.728. The van der Waals surface area contributed by atoms with E-state index in [0.29, 0.717) is 79.5 Å². The quantitative estimate of drug-likeness (QED) is 0.0855. The number of aliphatic hydroxyl groups is 2. The molecule has 3 aromatic heterocycles. The number of carbonyl (C=O) groups excluding carboxylic acids is 3. The zero-order valence-electron chi connectivity index (χ0n) is 34.1. The van der Waals surface area contributed by atoms with Crippen LogP contribution in [0.5, 0.6) is 0 Å². The summed E-state index contributed by atoms with van der Waals surface area (Å²) < 4.78 is 10.7. The second kappa shape index (κ2) is 18.4. The molecule has 6 rings (SSSR count). The fourth-order valence-electron chi connectivity index (χ4n) is 8.41. The van der Waals surface area contributed by atoms with E-state index in [1.807, 2.05) is 39.0 Å². The molecular weight excluding hydrogens is 733 g/mol. The molecule has 298 valence electrons. The molecule has 3 aliphatic rings. The van der Waals surface area contributed by atoms with E-state index in [-0.39, 0.29) is 53.9 Å². The molecule has 0 radical (unpaired) electrons. The van der Waals surface area contributed by atoms with Gasteiger partial charge >= 0.3 is 35.0 Å². The largest absolute Gasteiger partial charge is 2.00 e. The Balaban J connectivity index is 0.00000620. The van der Waals surface area contributed by atoms with E-state index < -0.39 is 30.5 Å². The Bertz CT molecular complexity index is 2370. The number of rotatable bonds is 13. The number of carbonyl (C=O) groups is 3. The number of Topliss-reactive ketones (excluding diaryl/α,β-unsaturated/α-hetero) is 1.